The highest BCUT2D eigenvalue weighted by molar-refractivity contribution is 5.49. The van der Waals surface area contributed by atoms with E-state index in [0.717, 1.165) is 30.9 Å². The molecular formula is C16H21N3O. The maximum atomic E-state index is 5.85. The minimum Gasteiger partial charge on any atom is -0.493 e. The molecule has 4 nitrogen and oxygen atoms in total. The SMILES string of the molecule is CCc1nn(C)cc1C(NC)c1cccc2c1OCC2. The molecule has 1 aromatic heterocycles. The fourth-order valence-corrected chi connectivity index (χ4v) is 3.02. The number of fused-ring (bicyclic) bond motifs is 1. The van der Waals surface area contributed by atoms with Gasteiger partial charge >= 0.3 is 0 Å². The van der Waals surface area contributed by atoms with Gasteiger partial charge in [0.2, 0.25) is 0 Å². The number of nitrogens with one attached hydrogen (secondary N) is 1. The maximum absolute atomic E-state index is 5.85. The fourth-order valence-electron chi connectivity index (χ4n) is 3.02. The van der Waals surface area contributed by atoms with Crippen LogP contribution >= 0.6 is 0 Å². The molecule has 1 atom stereocenters. The van der Waals surface area contributed by atoms with Crippen LogP contribution in [-0.2, 0) is 19.9 Å². The second-order valence-corrected chi connectivity index (χ2v) is 5.21. The van der Waals surface area contributed by atoms with Crippen molar-refractivity contribution >= 4 is 0 Å². The zero-order chi connectivity index (χ0) is 14.1. The highest BCUT2D eigenvalue weighted by Gasteiger charge is 2.25. The number of hydrogen-bond acceptors (Lipinski definition) is 3. The van der Waals surface area contributed by atoms with Gasteiger partial charge in [0.15, 0.2) is 0 Å². The average molecular weight is 271 g/mol. The molecule has 2 heterocycles. The normalized spacial score (nSPS) is 14.9. The molecule has 20 heavy (non-hydrogen) atoms. The summed E-state index contributed by atoms with van der Waals surface area (Å²) in [4.78, 5) is 0. The van der Waals surface area contributed by atoms with E-state index in [1.54, 1.807) is 0 Å². The molecular weight excluding hydrogens is 250 g/mol. The predicted octanol–water partition coefficient (Wildman–Crippen LogP) is 2.23. The van der Waals surface area contributed by atoms with Crippen molar-refractivity contribution in [1.82, 2.24) is 15.1 Å². The van der Waals surface area contributed by atoms with Crippen molar-refractivity contribution in [3.05, 3.63) is 46.8 Å². The first-order chi connectivity index (χ1) is 9.74. The molecule has 0 radical (unpaired) electrons. The lowest BCUT2D eigenvalue weighted by atomic mass is 9.95. The summed E-state index contributed by atoms with van der Waals surface area (Å²) in [6.07, 6.45) is 4.05. The molecule has 0 spiro atoms. The largest absolute Gasteiger partial charge is 0.493 e. The van der Waals surface area contributed by atoms with E-state index in [1.165, 1.54) is 16.7 Å². The van der Waals surface area contributed by atoms with Gasteiger partial charge in [0, 0.05) is 30.8 Å². The lowest BCUT2D eigenvalue weighted by Crippen LogP contribution is -2.19. The van der Waals surface area contributed by atoms with Crippen LogP contribution < -0.4 is 10.1 Å². The summed E-state index contributed by atoms with van der Waals surface area (Å²) in [6.45, 7) is 2.93. The zero-order valence-electron chi connectivity index (χ0n) is 12.3. The van der Waals surface area contributed by atoms with E-state index in [0.29, 0.717) is 0 Å². The van der Waals surface area contributed by atoms with Crippen LogP contribution in [0.2, 0.25) is 0 Å². The molecule has 0 saturated heterocycles. The molecule has 1 unspecified atom stereocenters. The molecule has 106 valence electrons. The molecule has 1 aliphatic heterocycles. The Balaban J connectivity index is 2.08. The zero-order valence-corrected chi connectivity index (χ0v) is 12.3. The van der Waals surface area contributed by atoms with Crippen LogP contribution in [0.3, 0.4) is 0 Å². The van der Waals surface area contributed by atoms with Crippen molar-refractivity contribution < 1.29 is 4.74 Å². The van der Waals surface area contributed by atoms with Crippen molar-refractivity contribution in [3.63, 3.8) is 0 Å². The van der Waals surface area contributed by atoms with E-state index in [-0.39, 0.29) is 6.04 Å². The summed E-state index contributed by atoms with van der Waals surface area (Å²) >= 11 is 0. The second-order valence-electron chi connectivity index (χ2n) is 5.21. The van der Waals surface area contributed by atoms with E-state index in [2.05, 4.69) is 41.7 Å². The van der Waals surface area contributed by atoms with Gasteiger partial charge in [-0.05, 0) is 19.0 Å². The predicted molar refractivity (Wildman–Crippen MR) is 79.1 cm³/mol. The summed E-state index contributed by atoms with van der Waals surface area (Å²) in [5.41, 5.74) is 4.90. The lowest BCUT2D eigenvalue weighted by molar-refractivity contribution is 0.351. The van der Waals surface area contributed by atoms with Gasteiger partial charge in [0.25, 0.3) is 0 Å². The van der Waals surface area contributed by atoms with Gasteiger partial charge in [0.05, 0.1) is 18.3 Å². The van der Waals surface area contributed by atoms with E-state index < -0.39 is 0 Å². The maximum Gasteiger partial charge on any atom is 0.127 e. The Morgan fingerprint density at radius 1 is 1.40 bits per heavy atom. The molecule has 1 aliphatic rings. The first kappa shape index (κ1) is 13.2. The quantitative estimate of drug-likeness (QED) is 0.927. The first-order valence-corrected chi connectivity index (χ1v) is 7.18. The average Bonchev–Trinajstić information content (AvgIpc) is 3.06. The first-order valence-electron chi connectivity index (χ1n) is 7.18. The number of nitrogens with zero attached hydrogens (tertiary/aromatic N) is 2. The number of aromatic nitrogens is 2. The van der Waals surface area contributed by atoms with Crippen LogP contribution in [0.5, 0.6) is 5.75 Å². The monoisotopic (exact) mass is 271 g/mol. The van der Waals surface area contributed by atoms with Gasteiger partial charge in [-0.2, -0.15) is 5.10 Å². The van der Waals surface area contributed by atoms with Gasteiger partial charge in [-0.15, -0.1) is 0 Å². The van der Waals surface area contributed by atoms with Gasteiger partial charge in [-0.25, -0.2) is 0 Å². The molecule has 1 aromatic carbocycles. The van der Waals surface area contributed by atoms with Gasteiger partial charge in [-0.1, -0.05) is 25.1 Å². The molecule has 2 aromatic rings. The highest BCUT2D eigenvalue weighted by Crippen LogP contribution is 2.36. The molecule has 3 rings (SSSR count). The van der Waals surface area contributed by atoms with Crippen molar-refractivity contribution in [3.8, 4) is 5.75 Å². The van der Waals surface area contributed by atoms with Gasteiger partial charge in [0.1, 0.15) is 5.75 Å². The third-order valence-corrected chi connectivity index (χ3v) is 3.93. The molecule has 0 bridgehead atoms. The molecule has 0 aliphatic carbocycles. The van der Waals surface area contributed by atoms with Gasteiger partial charge in [-0.3, -0.25) is 4.68 Å². The molecule has 0 saturated carbocycles. The third kappa shape index (κ3) is 2.10. The lowest BCUT2D eigenvalue weighted by Gasteiger charge is -2.19. The summed E-state index contributed by atoms with van der Waals surface area (Å²) in [5, 5.41) is 7.97. The highest BCUT2D eigenvalue weighted by atomic mass is 16.5. The number of para-hydroxylation sites is 1. The molecule has 0 amide bonds. The fraction of sp³-hybridized carbons (Fsp3) is 0.438. The van der Waals surface area contributed by atoms with Gasteiger partial charge < -0.3 is 10.1 Å². The summed E-state index contributed by atoms with van der Waals surface area (Å²) in [6, 6.07) is 6.56. The smallest absolute Gasteiger partial charge is 0.127 e. The number of aryl methyl sites for hydroxylation is 2. The van der Waals surface area contributed by atoms with Crippen molar-refractivity contribution in [2.24, 2.45) is 7.05 Å². The van der Waals surface area contributed by atoms with Crippen LogP contribution in [-0.4, -0.2) is 23.4 Å². The summed E-state index contributed by atoms with van der Waals surface area (Å²) in [7, 11) is 3.97. The Hall–Kier alpha value is -1.81. The van der Waals surface area contributed by atoms with Crippen LogP contribution in [0.1, 0.15) is 35.3 Å². The third-order valence-electron chi connectivity index (χ3n) is 3.93. The van der Waals surface area contributed by atoms with Crippen molar-refractivity contribution in [1.29, 1.82) is 0 Å². The van der Waals surface area contributed by atoms with Crippen molar-refractivity contribution in [2.45, 2.75) is 25.8 Å². The number of ether oxygens (including phenoxy) is 1. The Morgan fingerprint density at radius 3 is 3.00 bits per heavy atom. The van der Waals surface area contributed by atoms with E-state index in [9.17, 15) is 0 Å². The number of benzene rings is 1. The Morgan fingerprint density at radius 2 is 2.25 bits per heavy atom. The van der Waals surface area contributed by atoms with E-state index in [1.807, 2.05) is 18.8 Å². The van der Waals surface area contributed by atoms with E-state index >= 15 is 0 Å². The van der Waals surface area contributed by atoms with E-state index in [4.69, 9.17) is 4.74 Å². The van der Waals surface area contributed by atoms with Crippen LogP contribution in [0.4, 0.5) is 0 Å². The van der Waals surface area contributed by atoms with Crippen molar-refractivity contribution in [2.75, 3.05) is 13.7 Å². The Labute approximate surface area is 119 Å². The summed E-state index contributed by atoms with van der Waals surface area (Å²) in [5.74, 6) is 1.05. The van der Waals surface area contributed by atoms with Crippen LogP contribution in [0.25, 0.3) is 0 Å². The van der Waals surface area contributed by atoms with Crippen LogP contribution in [0.15, 0.2) is 24.4 Å². The topological polar surface area (TPSA) is 39.1 Å². The minimum atomic E-state index is 0.131. The van der Waals surface area contributed by atoms with Crippen LogP contribution in [0, 0.1) is 0 Å². The number of hydrogen-bond donors (Lipinski definition) is 1. The molecule has 4 heteroatoms. The standard InChI is InChI=1S/C16H21N3O/c1-4-14-13(10-19(3)18-14)15(17-2)12-7-5-6-11-8-9-20-16(11)12/h5-7,10,15,17H,4,8-9H2,1-3H3. The molecule has 0 fully saturated rings. The minimum absolute atomic E-state index is 0.131. The Bertz CT molecular complexity index is 618. The number of rotatable bonds is 4. The Kier molecular flexibility index (Phi) is 3.49. The second kappa shape index (κ2) is 5.29. The molecule has 1 N–H and O–H groups in total. The summed E-state index contributed by atoms with van der Waals surface area (Å²) < 4.78 is 7.74.